The molecule has 0 aliphatic rings. The molecule has 0 atom stereocenters. The van der Waals surface area contributed by atoms with Crippen molar-refractivity contribution in [1.82, 2.24) is 4.57 Å². The molecule has 0 amide bonds. The van der Waals surface area contributed by atoms with Crippen LogP contribution in [0, 0.1) is 25.2 Å². The van der Waals surface area contributed by atoms with E-state index in [-0.39, 0.29) is 5.56 Å². The topological polar surface area (TPSA) is 28.7 Å². The molecule has 0 saturated carbocycles. The molecule has 1 aromatic heterocycles. The van der Waals surface area contributed by atoms with E-state index in [1.807, 2.05) is 6.07 Å². The molecular formula is C13H11F3N2. The summed E-state index contributed by atoms with van der Waals surface area (Å²) in [5.41, 5.74) is 0.861. The van der Waals surface area contributed by atoms with E-state index in [9.17, 15) is 13.2 Å². The van der Waals surface area contributed by atoms with Gasteiger partial charge in [0.15, 0.2) is 0 Å². The Labute approximate surface area is 102 Å². The van der Waals surface area contributed by atoms with Crippen molar-refractivity contribution in [1.29, 1.82) is 5.26 Å². The van der Waals surface area contributed by atoms with Gasteiger partial charge in [-0.05, 0) is 25.5 Å². The molecule has 1 aromatic carbocycles. The quantitative estimate of drug-likeness (QED) is 0.703. The third-order valence-electron chi connectivity index (χ3n) is 3.00. The third-order valence-corrected chi connectivity index (χ3v) is 3.00. The van der Waals surface area contributed by atoms with Crippen LogP contribution < -0.4 is 0 Å². The summed E-state index contributed by atoms with van der Waals surface area (Å²) < 4.78 is 40.0. The summed E-state index contributed by atoms with van der Waals surface area (Å²) in [4.78, 5) is 0. The van der Waals surface area contributed by atoms with Gasteiger partial charge in [0.25, 0.3) is 0 Å². The first-order valence-corrected chi connectivity index (χ1v) is 5.34. The lowest BCUT2D eigenvalue weighted by molar-refractivity contribution is -0.143. The van der Waals surface area contributed by atoms with Crippen molar-refractivity contribution in [2.45, 2.75) is 20.0 Å². The molecule has 18 heavy (non-hydrogen) atoms. The van der Waals surface area contributed by atoms with Crippen LogP contribution in [0.1, 0.15) is 22.4 Å². The zero-order chi connectivity index (χ0) is 13.7. The van der Waals surface area contributed by atoms with Crippen LogP contribution in [0.5, 0.6) is 0 Å². The van der Waals surface area contributed by atoms with Crippen LogP contribution in [0.2, 0.25) is 0 Å². The number of rotatable bonds is 0. The zero-order valence-electron chi connectivity index (χ0n) is 10.2. The minimum atomic E-state index is -4.53. The number of hydrogen-bond acceptors (Lipinski definition) is 1. The molecule has 0 aliphatic carbocycles. The third kappa shape index (κ3) is 1.65. The minimum Gasteiger partial charge on any atom is -0.339 e. The van der Waals surface area contributed by atoms with Crippen LogP contribution >= 0.6 is 0 Å². The Morgan fingerprint density at radius 1 is 1.22 bits per heavy atom. The molecule has 0 saturated heterocycles. The number of benzene rings is 1. The summed E-state index contributed by atoms with van der Waals surface area (Å²) in [6.07, 6.45) is -4.53. The Morgan fingerprint density at radius 3 is 2.33 bits per heavy atom. The molecule has 0 fully saturated rings. The second-order valence-electron chi connectivity index (χ2n) is 4.37. The van der Waals surface area contributed by atoms with Crippen LogP contribution in [0.4, 0.5) is 13.2 Å². The first kappa shape index (κ1) is 12.5. The smallest absolute Gasteiger partial charge is 0.339 e. The van der Waals surface area contributed by atoms with Gasteiger partial charge in [0.1, 0.15) is 11.8 Å². The number of fused-ring (bicyclic) bond motifs is 1. The van der Waals surface area contributed by atoms with Crippen molar-refractivity contribution in [2.75, 3.05) is 0 Å². The van der Waals surface area contributed by atoms with Gasteiger partial charge < -0.3 is 4.57 Å². The predicted molar refractivity (Wildman–Crippen MR) is 62.1 cm³/mol. The maximum Gasteiger partial charge on any atom is 0.432 e. The minimum absolute atomic E-state index is 0.299. The fourth-order valence-electron chi connectivity index (χ4n) is 2.45. The predicted octanol–water partition coefficient (Wildman–Crippen LogP) is 3.69. The lowest BCUT2D eigenvalue weighted by Gasteiger charge is -2.09. The molecule has 0 N–H and O–H groups in total. The summed E-state index contributed by atoms with van der Waals surface area (Å²) in [7, 11) is 1.34. The number of aryl methyl sites for hydroxylation is 3. The van der Waals surface area contributed by atoms with Gasteiger partial charge in [-0.2, -0.15) is 18.4 Å². The van der Waals surface area contributed by atoms with Crippen molar-refractivity contribution in [3.05, 3.63) is 34.5 Å². The van der Waals surface area contributed by atoms with E-state index in [2.05, 4.69) is 0 Å². The highest BCUT2D eigenvalue weighted by Gasteiger charge is 2.38. The van der Waals surface area contributed by atoms with Crippen molar-refractivity contribution >= 4 is 10.9 Å². The molecule has 0 radical (unpaired) electrons. The first-order chi connectivity index (χ1) is 8.27. The van der Waals surface area contributed by atoms with Gasteiger partial charge >= 0.3 is 6.18 Å². The van der Waals surface area contributed by atoms with Gasteiger partial charge in [0, 0.05) is 12.4 Å². The molecule has 2 nitrogen and oxygen atoms in total. The van der Waals surface area contributed by atoms with Gasteiger partial charge in [-0.25, -0.2) is 0 Å². The molecule has 94 valence electrons. The summed E-state index contributed by atoms with van der Waals surface area (Å²) in [6.45, 7) is 3.55. The number of nitriles is 1. The Bertz CT molecular complexity index is 672. The Kier molecular flexibility index (Phi) is 2.62. The molecule has 1 heterocycles. The molecule has 0 aliphatic heterocycles. The highest BCUT2D eigenvalue weighted by molar-refractivity contribution is 5.91. The average Bonchev–Trinajstić information content (AvgIpc) is 2.50. The SMILES string of the molecule is Cc1cc(C)c2c(c1)c(C#N)c(C(F)(F)F)n2C. The molecule has 0 bridgehead atoms. The van der Waals surface area contributed by atoms with Crippen LogP contribution in [-0.4, -0.2) is 4.57 Å². The van der Waals surface area contributed by atoms with E-state index >= 15 is 0 Å². The van der Waals surface area contributed by atoms with Crippen LogP contribution in [0.25, 0.3) is 10.9 Å². The van der Waals surface area contributed by atoms with Crippen molar-refractivity contribution in [2.24, 2.45) is 7.05 Å². The Morgan fingerprint density at radius 2 is 1.83 bits per heavy atom. The largest absolute Gasteiger partial charge is 0.432 e. The Hall–Kier alpha value is -1.96. The number of hydrogen-bond donors (Lipinski definition) is 0. The van der Waals surface area contributed by atoms with E-state index in [0.717, 1.165) is 15.7 Å². The lowest BCUT2D eigenvalue weighted by atomic mass is 10.1. The van der Waals surface area contributed by atoms with E-state index in [0.29, 0.717) is 10.9 Å². The standard InChI is InChI=1S/C13H11F3N2/c1-7-4-8(2)11-9(5-7)10(6-17)12(18(11)3)13(14,15)16/h4-5H,1-3H3. The summed E-state index contributed by atoms with van der Waals surface area (Å²) in [5, 5.41) is 9.38. The van der Waals surface area contributed by atoms with Gasteiger partial charge in [-0.3, -0.25) is 0 Å². The monoisotopic (exact) mass is 252 g/mol. The Balaban J connectivity index is 3.03. The van der Waals surface area contributed by atoms with Crippen molar-refractivity contribution in [3.8, 4) is 6.07 Å². The maximum absolute atomic E-state index is 13.0. The number of aromatic nitrogens is 1. The molecular weight excluding hydrogens is 241 g/mol. The fraction of sp³-hybridized carbons (Fsp3) is 0.308. The van der Waals surface area contributed by atoms with Gasteiger partial charge in [0.05, 0.1) is 11.1 Å². The zero-order valence-corrected chi connectivity index (χ0v) is 10.2. The maximum atomic E-state index is 13.0. The molecule has 2 rings (SSSR count). The fourth-order valence-corrected chi connectivity index (χ4v) is 2.45. The molecule has 5 heteroatoms. The average molecular weight is 252 g/mol. The van der Waals surface area contributed by atoms with Crippen LogP contribution in [-0.2, 0) is 13.2 Å². The molecule has 0 unspecified atom stereocenters. The molecule has 0 spiro atoms. The number of nitrogens with zero attached hydrogens (tertiary/aromatic N) is 2. The van der Waals surface area contributed by atoms with Crippen molar-refractivity contribution in [3.63, 3.8) is 0 Å². The lowest BCUT2D eigenvalue weighted by Crippen LogP contribution is -2.12. The first-order valence-electron chi connectivity index (χ1n) is 5.34. The summed E-state index contributed by atoms with van der Waals surface area (Å²) in [5.74, 6) is 0. The molecule has 2 aromatic rings. The second kappa shape index (κ2) is 3.77. The summed E-state index contributed by atoms with van der Waals surface area (Å²) >= 11 is 0. The van der Waals surface area contributed by atoms with Crippen LogP contribution in [0.3, 0.4) is 0 Å². The van der Waals surface area contributed by atoms with Gasteiger partial charge in [-0.15, -0.1) is 0 Å². The van der Waals surface area contributed by atoms with Gasteiger partial charge in [-0.1, -0.05) is 11.6 Å². The summed E-state index contributed by atoms with van der Waals surface area (Å²) in [6, 6.07) is 5.11. The normalized spacial score (nSPS) is 11.8. The second-order valence-corrected chi connectivity index (χ2v) is 4.37. The van der Waals surface area contributed by atoms with Gasteiger partial charge in [0.2, 0.25) is 0 Å². The highest BCUT2D eigenvalue weighted by atomic mass is 19.4. The van der Waals surface area contributed by atoms with Crippen LogP contribution in [0.15, 0.2) is 12.1 Å². The number of alkyl halides is 3. The van der Waals surface area contributed by atoms with E-state index in [1.54, 1.807) is 26.0 Å². The highest BCUT2D eigenvalue weighted by Crippen LogP contribution is 2.38. The van der Waals surface area contributed by atoms with E-state index < -0.39 is 11.9 Å². The van der Waals surface area contributed by atoms with E-state index in [4.69, 9.17) is 5.26 Å². The number of halogens is 3. The van der Waals surface area contributed by atoms with E-state index in [1.165, 1.54) is 7.05 Å². The van der Waals surface area contributed by atoms with Crippen molar-refractivity contribution < 1.29 is 13.2 Å².